The minimum absolute atomic E-state index is 0.0647. The van der Waals surface area contributed by atoms with E-state index in [9.17, 15) is 19.2 Å². The molecule has 2 atom stereocenters. The summed E-state index contributed by atoms with van der Waals surface area (Å²) in [5.41, 5.74) is 1.06. The molecule has 1 aliphatic carbocycles. The average molecular weight is 372 g/mol. The maximum Gasteiger partial charge on any atom is 0.326 e. The quantitative estimate of drug-likeness (QED) is 0.624. The average Bonchev–Trinajstić information content (AvgIpc) is 2.65. The van der Waals surface area contributed by atoms with E-state index in [-0.39, 0.29) is 18.4 Å². The third-order valence-corrected chi connectivity index (χ3v) is 5.24. The highest BCUT2D eigenvalue weighted by molar-refractivity contribution is 6.11. The fourth-order valence-electron chi connectivity index (χ4n) is 3.66. The first-order valence-corrected chi connectivity index (χ1v) is 9.33. The molecule has 3 amide bonds. The molecule has 0 saturated heterocycles. The molecule has 1 aromatic rings. The third-order valence-electron chi connectivity index (χ3n) is 5.24. The summed E-state index contributed by atoms with van der Waals surface area (Å²) in [7, 11) is 0. The van der Waals surface area contributed by atoms with Crippen LogP contribution in [0.25, 0.3) is 0 Å². The second kappa shape index (κ2) is 8.33. The Hall–Kier alpha value is -2.70. The summed E-state index contributed by atoms with van der Waals surface area (Å²) in [4.78, 5) is 49.5. The SMILES string of the molecule is C[C@H]1CCCC[C@H]1NC(=O)COC(=O)CN1C(=O)Cc2ccccc2C1=O. The molecule has 0 radical (unpaired) electrons. The van der Waals surface area contributed by atoms with Crippen LogP contribution in [0.2, 0.25) is 0 Å². The summed E-state index contributed by atoms with van der Waals surface area (Å²) in [6, 6.07) is 6.92. The van der Waals surface area contributed by atoms with Crippen LogP contribution < -0.4 is 5.32 Å². The van der Waals surface area contributed by atoms with Crippen molar-refractivity contribution in [2.24, 2.45) is 5.92 Å². The summed E-state index contributed by atoms with van der Waals surface area (Å²) < 4.78 is 4.97. The molecule has 3 rings (SSSR count). The Bertz CT molecular complexity index is 760. The van der Waals surface area contributed by atoms with Crippen LogP contribution in [0.4, 0.5) is 0 Å². The van der Waals surface area contributed by atoms with Crippen LogP contribution in [-0.2, 0) is 25.5 Å². The molecule has 1 N–H and O–H groups in total. The molecular formula is C20H24N2O5. The highest BCUT2D eigenvalue weighted by atomic mass is 16.5. The Morgan fingerprint density at radius 1 is 1.19 bits per heavy atom. The fraction of sp³-hybridized carbons (Fsp3) is 0.500. The predicted octanol–water partition coefficient (Wildman–Crippen LogP) is 1.45. The van der Waals surface area contributed by atoms with Gasteiger partial charge in [-0.3, -0.25) is 24.1 Å². The van der Waals surface area contributed by atoms with Crippen LogP contribution in [0.3, 0.4) is 0 Å². The summed E-state index contributed by atoms with van der Waals surface area (Å²) in [5, 5.41) is 2.89. The fourth-order valence-corrected chi connectivity index (χ4v) is 3.66. The number of carbonyl (C=O) groups excluding carboxylic acids is 4. The van der Waals surface area contributed by atoms with Gasteiger partial charge in [-0.25, -0.2) is 0 Å². The Balaban J connectivity index is 1.50. The van der Waals surface area contributed by atoms with Crippen molar-refractivity contribution in [1.29, 1.82) is 0 Å². The van der Waals surface area contributed by atoms with E-state index in [1.807, 2.05) is 0 Å². The van der Waals surface area contributed by atoms with E-state index in [0.29, 0.717) is 17.0 Å². The first kappa shape index (κ1) is 19.1. The van der Waals surface area contributed by atoms with Crippen molar-refractivity contribution in [3.63, 3.8) is 0 Å². The Labute approximate surface area is 158 Å². The molecule has 2 aliphatic rings. The number of rotatable bonds is 5. The zero-order valence-electron chi connectivity index (χ0n) is 15.4. The molecular weight excluding hydrogens is 348 g/mol. The van der Waals surface area contributed by atoms with Gasteiger partial charge in [0.2, 0.25) is 5.91 Å². The third kappa shape index (κ3) is 4.53. The largest absolute Gasteiger partial charge is 0.454 e. The van der Waals surface area contributed by atoms with Crippen LogP contribution in [-0.4, -0.2) is 47.8 Å². The van der Waals surface area contributed by atoms with Gasteiger partial charge in [-0.2, -0.15) is 0 Å². The van der Waals surface area contributed by atoms with E-state index >= 15 is 0 Å². The first-order valence-electron chi connectivity index (χ1n) is 9.33. The zero-order chi connectivity index (χ0) is 19.4. The number of imide groups is 1. The van der Waals surface area contributed by atoms with Crippen molar-refractivity contribution in [2.45, 2.75) is 45.1 Å². The van der Waals surface area contributed by atoms with Crippen LogP contribution >= 0.6 is 0 Å². The Kier molecular flexibility index (Phi) is 5.88. The Morgan fingerprint density at radius 3 is 2.70 bits per heavy atom. The van der Waals surface area contributed by atoms with E-state index in [0.717, 1.165) is 24.2 Å². The van der Waals surface area contributed by atoms with Crippen molar-refractivity contribution in [3.05, 3.63) is 35.4 Å². The maximum absolute atomic E-state index is 12.4. The van der Waals surface area contributed by atoms with Gasteiger partial charge in [0.05, 0.1) is 6.42 Å². The molecule has 1 aliphatic heterocycles. The maximum atomic E-state index is 12.4. The lowest BCUT2D eigenvalue weighted by Gasteiger charge is -2.29. The smallest absolute Gasteiger partial charge is 0.326 e. The molecule has 1 fully saturated rings. The van der Waals surface area contributed by atoms with Gasteiger partial charge in [-0.05, 0) is 30.4 Å². The molecule has 1 saturated carbocycles. The number of esters is 1. The van der Waals surface area contributed by atoms with Gasteiger partial charge in [0.15, 0.2) is 6.61 Å². The number of benzene rings is 1. The standard InChI is InChI=1S/C20H24N2O5/c1-13-6-2-5-9-16(13)21-17(23)12-27-19(25)11-22-18(24)10-14-7-3-4-8-15(14)20(22)26/h3-4,7-8,13,16H,2,5-6,9-12H2,1H3,(H,21,23)/t13-,16+/m0/s1. The molecule has 0 unspecified atom stereocenters. The minimum atomic E-state index is -0.775. The minimum Gasteiger partial charge on any atom is -0.454 e. The van der Waals surface area contributed by atoms with Crippen molar-refractivity contribution in [2.75, 3.05) is 13.2 Å². The zero-order valence-corrected chi connectivity index (χ0v) is 15.4. The molecule has 0 spiro atoms. The number of fused-ring (bicyclic) bond motifs is 1. The molecule has 7 heteroatoms. The number of nitrogens with zero attached hydrogens (tertiary/aromatic N) is 1. The Morgan fingerprint density at radius 2 is 1.93 bits per heavy atom. The highest BCUT2D eigenvalue weighted by Gasteiger charge is 2.32. The molecule has 7 nitrogen and oxygen atoms in total. The number of hydrogen-bond acceptors (Lipinski definition) is 5. The summed E-state index contributed by atoms with van der Waals surface area (Å²) in [6.45, 7) is 1.20. The highest BCUT2D eigenvalue weighted by Crippen LogP contribution is 2.23. The van der Waals surface area contributed by atoms with E-state index in [2.05, 4.69) is 12.2 Å². The monoisotopic (exact) mass is 372 g/mol. The second-order valence-corrected chi connectivity index (χ2v) is 7.22. The number of ether oxygens (including phenoxy) is 1. The number of nitrogens with one attached hydrogen (secondary N) is 1. The van der Waals surface area contributed by atoms with Gasteiger partial charge >= 0.3 is 5.97 Å². The van der Waals surface area contributed by atoms with Crippen molar-refractivity contribution in [3.8, 4) is 0 Å². The van der Waals surface area contributed by atoms with Crippen LogP contribution in [0.15, 0.2) is 24.3 Å². The second-order valence-electron chi connectivity index (χ2n) is 7.22. The summed E-state index contributed by atoms with van der Waals surface area (Å²) >= 11 is 0. The van der Waals surface area contributed by atoms with Crippen LogP contribution in [0, 0.1) is 5.92 Å². The van der Waals surface area contributed by atoms with E-state index < -0.39 is 30.9 Å². The van der Waals surface area contributed by atoms with Gasteiger partial charge in [0.25, 0.3) is 11.8 Å². The number of carbonyl (C=O) groups is 4. The molecule has 0 bridgehead atoms. The van der Waals surface area contributed by atoms with E-state index in [4.69, 9.17) is 4.74 Å². The molecule has 0 aromatic heterocycles. The summed E-state index contributed by atoms with van der Waals surface area (Å²) in [6.07, 6.45) is 4.32. The lowest BCUT2D eigenvalue weighted by atomic mass is 9.86. The van der Waals surface area contributed by atoms with Gasteiger partial charge in [0.1, 0.15) is 6.54 Å². The van der Waals surface area contributed by atoms with Crippen LogP contribution in [0.1, 0.15) is 48.5 Å². The molecule has 1 aromatic carbocycles. The van der Waals surface area contributed by atoms with Gasteiger partial charge < -0.3 is 10.1 Å². The van der Waals surface area contributed by atoms with E-state index in [1.165, 1.54) is 6.42 Å². The lowest BCUT2D eigenvalue weighted by Crippen LogP contribution is -2.46. The lowest BCUT2D eigenvalue weighted by molar-refractivity contribution is -0.151. The van der Waals surface area contributed by atoms with Crippen LogP contribution in [0.5, 0.6) is 0 Å². The first-order chi connectivity index (χ1) is 13.0. The molecule has 1 heterocycles. The number of hydrogen-bond donors (Lipinski definition) is 1. The summed E-state index contributed by atoms with van der Waals surface area (Å²) in [5.74, 6) is -1.69. The molecule has 27 heavy (non-hydrogen) atoms. The van der Waals surface area contributed by atoms with Gasteiger partial charge in [-0.15, -0.1) is 0 Å². The predicted molar refractivity (Wildman–Crippen MR) is 96.7 cm³/mol. The van der Waals surface area contributed by atoms with E-state index in [1.54, 1.807) is 24.3 Å². The van der Waals surface area contributed by atoms with Crippen molar-refractivity contribution < 1.29 is 23.9 Å². The number of amides is 3. The van der Waals surface area contributed by atoms with Crippen molar-refractivity contribution >= 4 is 23.7 Å². The normalized spacial score (nSPS) is 22.2. The van der Waals surface area contributed by atoms with Gasteiger partial charge in [-0.1, -0.05) is 38.0 Å². The topological polar surface area (TPSA) is 92.8 Å². The van der Waals surface area contributed by atoms with Crippen molar-refractivity contribution in [1.82, 2.24) is 10.2 Å². The molecule has 144 valence electrons. The van der Waals surface area contributed by atoms with Gasteiger partial charge in [0, 0.05) is 11.6 Å².